The van der Waals surface area contributed by atoms with Crippen molar-refractivity contribution in [2.24, 2.45) is 0 Å². The summed E-state index contributed by atoms with van der Waals surface area (Å²) in [4.78, 5) is 14.9. The Balaban J connectivity index is 2.43. The fourth-order valence-corrected chi connectivity index (χ4v) is 1.08. The van der Waals surface area contributed by atoms with Gasteiger partial charge < -0.3 is 4.74 Å². The van der Waals surface area contributed by atoms with Gasteiger partial charge in [0.15, 0.2) is 5.65 Å². The highest BCUT2D eigenvalue weighted by molar-refractivity contribution is 5.88. The third-order valence-corrected chi connectivity index (χ3v) is 1.76. The summed E-state index contributed by atoms with van der Waals surface area (Å²) in [6.07, 6.45) is 3.18. The van der Waals surface area contributed by atoms with Gasteiger partial charge in [-0.15, -0.1) is 0 Å². The fourth-order valence-electron chi connectivity index (χ4n) is 1.08. The smallest absolute Gasteiger partial charge is 0.384 e. The first-order valence-corrected chi connectivity index (χ1v) is 4.20. The summed E-state index contributed by atoms with van der Waals surface area (Å²) in [6.45, 7) is 0. The Kier molecular flexibility index (Phi) is 2.33. The van der Waals surface area contributed by atoms with Crippen molar-refractivity contribution in [1.29, 1.82) is 0 Å². The molecule has 2 heterocycles. The maximum Gasteiger partial charge on any atom is 0.384 e. The Hall–Kier alpha value is -2.35. The Morgan fingerprint density at radius 1 is 1.60 bits per heavy atom. The van der Waals surface area contributed by atoms with Gasteiger partial charge in [-0.1, -0.05) is 0 Å². The zero-order valence-corrected chi connectivity index (χ0v) is 7.97. The van der Waals surface area contributed by atoms with Crippen LogP contribution in [0.5, 0.6) is 0 Å². The minimum absolute atomic E-state index is 0.552. The average Bonchev–Trinajstić information content (AvgIpc) is 2.69. The molecule has 0 unspecified atom stereocenters. The number of aromatic nitrogens is 3. The molecular formula is C10H7N3O2. The number of imidazole rings is 1. The molecule has 2 rings (SSSR count). The third-order valence-electron chi connectivity index (χ3n) is 1.76. The molecule has 74 valence electrons. The minimum Gasteiger partial charge on any atom is -0.459 e. The van der Waals surface area contributed by atoms with E-state index in [4.69, 9.17) is 0 Å². The van der Waals surface area contributed by atoms with Crippen LogP contribution in [-0.4, -0.2) is 27.7 Å². The van der Waals surface area contributed by atoms with Crippen molar-refractivity contribution in [3.05, 3.63) is 30.2 Å². The quantitative estimate of drug-likeness (QED) is 0.453. The number of esters is 1. The highest BCUT2D eigenvalue weighted by atomic mass is 16.5. The lowest BCUT2D eigenvalue weighted by Crippen LogP contribution is -1.96. The van der Waals surface area contributed by atoms with E-state index in [2.05, 4.69) is 26.7 Å². The lowest BCUT2D eigenvalue weighted by atomic mass is 10.4. The second-order valence-corrected chi connectivity index (χ2v) is 2.68. The molecule has 0 aliphatic carbocycles. The zero-order valence-electron chi connectivity index (χ0n) is 7.97. The van der Waals surface area contributed by atoms with E-state index in [0.717, 1.165) is 0 Å². The molecule has 5 nitrogen and oxygen atoms in total. The minimum atomic E-state index is -0.583. The maximum atomic E-state index is 10.8. The van der Waals surface area contributed by atoms with E-state index >= 15 is 0 Å². The summed E-state index contributed by atoms with van der Waals surface area (Å²) >= 11 is 0. The van der Waals surface area contributed by atoms with Crippen LogP contribution in [0.15, 0.2) is 24.5 Å². The molecule has 0 aliphatic rings. The molecule has 0 amide bonds. The van der Waals surface area contributed by atoms with Gasteiger partial charge in [-0.2, -0.15) is 5.10 Å². The zero-order chi connectivity index (χ0) is 10.7. The van der Waals surface area contributed by atoms with Gasteiger partial charge >= 0.3 is 5.97 Å². The van der Waals surface area contributed by atoms with Gasteiger partial charge in [-0.3, -0.25) is 0 Å². The molecule has 0 N–H and O–H groups in total. The molecule has 0 aliphatic heterocycles. The standard InChI is InChI=1S/C10H7N3O2/c1-15-10(14)5-4-8-7-11-9-3-2-6-12-13(8)9/h2-3,6-7H,1H3. The van der Waals surface area contributed by atoms with Crippen LogP contribution < -0.4 is 0 Å². The Bertz CT molecular complexity index is 563. The molecule has 0 spiro atoms. The van der Waals surface area contributed by atoms with Crippen molar-refractivity contribution in [2.45, 2.75) is 0 Å². The third kappa shape index (κ3) is 1.79. The molecule has 0 aromatic carbocycles. The first kappa shape index (κ1) is 9.21. The van der Waals surface area contributed by atoms with Crippen LogP contribution in [0.1, 0.15) is 5.69 Å². The van der Waals surface area contributed by atoms with E-state index in [9.17, 15) is 4.79 Å². The fraction of sp³-hybridized carbons (Fsp3) is 0.100. The summed E-state index contributed by atoms with van der Waals surface area (Å²) in [7, 11) is 1.28. The Morgan fingerprint density at radius 3 is 3.27 bits per heavy atom. The molecule has 15 heavy (non-hydrogen) atoms. The van der Waals surface area contributed by atoms with E-state index in [1.807, 2.05) is 0 Å². The average molecular weight is 201 g/mol. The van der Waals surface area contributed by atoms with Crippen molar-refractivity contribution >= 4 is 11.6 Å². The van der Waals surface area contributed by atoms with Gasteiger partial charge in [0.1, 0.15) is 5.69 Å². The number of methoxy groups -OCH3 is 1. The van der Waals surface area contributed by atoms with Crippen molar-refractivity contribution < 1.29 is 9.53 Å². The van der Waals surface area contributed by atoms with Crippen LogP contribution in [0.3, 0.4) is 0 Å². The Labute approximate surface area is 85.7 Å². The normalized spacial score (nSPS) is 9.40. The number of ether oxygens (including phenoxy) is 1. The number of hydrogen-bond donors (Lipinski definition) is 0. The highest BCUT2D eigenvalue weighted by Crippen LogP contribution is 2.01. The second-order valence-electron chi connectivity index (χ2n) is 2.68. The van der Waals surface area contributed by atoms with E-state index in [1.54, 1.807) is 29.0 Å². The summed E-state index contributed by atoms with van der Waals surface area (Å²) in [6, 6.07) is 3.58. The second kappa shape index (κ2) is 3.80. The predicted octanol–water partition coefficient (Wildman–Crippen LogP) is 0.254. The summed E-state index contributed by atoms with van der Waals surface area (Å²) in [5.41, 5.74) is 1.24. The van der Waals surface area contributed by atoms with Gasteiger partial charge in [0.2, 0.25) is 0 Å². The number of carbonyl (C=O) groups is 1. The number of hydrogen-bond acceptors (Lipinski definition) is 4. The first-order chi connectivity index (χ1) is 7.31. The summed E-state index contributed by atoms with van der Waals surface area (Å²) < 4.78 is 5.95. The van der Waals surface area contributed by atoms with Gasteiger partial charge in [0.25, 0.3) is 0 Å². The number of carbonyl (C=O) groups excluding carboxylic acids is 1. The van der Waals surface area contributed by atoms with Crippen molar-refractivity contribution in [1.82, 2.24) is 14.6 Å². The van der Waals surface area contributed by atoms with Gasteiger partial charge in [-0.25, -0.2) is 14.3 Å². The lowest BCUT2D eigenvalue weighted by molar-refractivity contribution is -0.133. The van der Waals surface area contributed by atoms with Crippen molar-refractivity contribution in [2.75, 3.05) is 7.11 Å². The molecule has 2 aromatic heterocycles. The molecular weight excluding hydrogens is 194 g/mol. The molecule has 5 heteroatoms. The Morgan fingerprint density at radius 2 is 2.47 bits per heavy atom. The molecule has 2 aromatic rings. The monoisotopic (exact) mass is 201 g/mol. The van der Waals surface area contributed by atoms with Crippen molar-refractivity contribution in [3.8, 4) is 11.8 Å². The molecule has 0 radical (unpaired) electrons. The number of rotatable bonds is 0. The maximum absolute atomic E-state index is 10.8. The van der Waals surface area contributed by atoms with Gasteiger partial charge in [0.05, 0.1) is 13.3 Å². The summed E-state index contributed by atoms with van der Waals surface area (Å²) in [5, 5.41) is 4.04. The van der Waals surface area contributed by atoms with Crippen LogP contribution in [-0.2, 0) is 9.53 Å². The topological polar surface area (TPSA) is 56.5 Å². The van der Waals surface area contributed by atoms with Gasteiger partial charge in [0, 0.05) is 12.1 Å². The van der Waals surface area contributed by atoms with E-state index < -0.39 is 5.97 Å². The SMILES string of the molecule is COC(=O)C#Cc1cnc2cccnn12. The first-order valence-electron chi connectivity index (χ1n) is 4.20. The molecule has 0 saturated carbocycles. The van der Waals surface area contributed by atoms with E-state index in [0.29, 0.717) is 11.3 Å². The lowest BCUT2D eigenvalue weighted by Gasteiger charge is -1.90. The van der Waals surface area contributed by atoms with Crippen LogP contribution in [0.2, 0.25) is 0 Å². The molecule has 0 bridgehead atoms. The molecule has 0 saturated heterocycles. The van der Waals surface area contributed by atoms with E-state index in [1.165, 1.54) is 7.11 Å². The van der Waals surface area contributed by atoms with Crippen LogP contribution >= 0.6 is 0 Å². The summed E-state index contributed by atoms with van der Waals surface area (Å²) in [5.74, 6) is 4.36. The number of nitrogens with zero attached hydrogens (tertiary/aromatic N) is 3. The number of fused-ring (bicyclic) bond motifs is 1. The van der Waals surface area contributed by atoms with Crippen LogP contribution in [0.4, 0.5) is 0 Å². The van der Waals surface area contributed by atoms with Gasteiger partial charge in [-0.05, 0) is 18.1 Å². The largest absolute Gasteiger partial charge is 0.459 e. The molecule has 0 fully saturated rings. The van der Waals surface area contributed by atoms with Crippen LogP contribution in [0, 0.1) is 11.8 Å². The predicted molar refractivity (Wildman–Crippen MR) is 51.9 cm³/mol. The molecule has 0 atom stereocenters. The van der Waals surface area contributed by atoms with Crippen LogP contribution in [0.25, 0.3) is 5.65 Å². The van der Waals surface area contributed by atoms with E-state index in [-0.39, 0.29) is 0 Å². The highest BCUT2D eigenvalue weighted by Gasteiger charge is 2.00. The van der Waals surface area contributed by atoms with Crippen molar-refractivity contribution in [3.63, 3.8) is 0 Å².